The lowest BCUT2D eigenvalue weighted by Gasteiger charge is -2.46. The van der Waals surface area contributed by atoms with Gasteiger partial charge in [-0.05, 0) is 36.6 Å². The van der Waals surface area contributed by atoms with Crippen molar-refractivity contribution < 1.29 is 31.5 Å². The molecule has 0 bridgehead atoms. The summed E-state index contributed by atoms with van der Waals surface area (Å²) in [6.07, 6.45) is 0.512. The molecule has 1 amide bonds. The fourth-order valence-electron chi connectivity index (χ4n) is 5.51. The summed E-state index contributed by atoms with van der Waals surface area (Å²) in [6.45, 7) is 6.57. The zero-order valence-corrected chi connectivity index (χ0v) is 24.3. The van der Waals surface area contributed by atoms with E-state index < -0.39 is 33.9 Å². The molecule has 0 saturated carbocycles. The Balaban J connectivity index is 1.66. The van der Waals surface area contributed by atoms with Crippen molar-refractivity contribution in [1.29, 1.82) is 0 Å². The Morgan fingerprint density at radius 3 is 2.42 bits per heavy atom. The number of piperazine rings is 2. The van der Waals surface area contributed by atoms with Crippen LogP contribution >= 0.6 is 12.2 Å². The largest absolute Gasteiger partial charge is 0.421 e. The fourth-order valence-corrected chi connectivity index (χ4v) is 7.58. The standard InChI is InChI=1S/C27H35F3N4O4S2/c1-18(2)24-25(35)31-12-13-32(24)16-21-17-33(40(37,38)23-7-5-4-6-22(23)39)14-15-34(21)20-10-8-19(9-11-20)26(3,36)27(28,29)30/h4-5,7-11,18,21,24,36H,6,12-17H2,1-3H3,(H,31,35)/t21-,24+,26-/m0/s1. The molecule has 13 heteroatoms. The van der Waals surface area contributed by atoms with E-state index in [4.69, 9.17) is 12.2 Å². The number of thiocarbonyl (C=S) groups is 1. The summed E-state index contributed by atoms with van der Waals surface area (Å²) in [4.78, 5) is 17.2. The van der Waals surface area contributed by atoms with Crippen molar-refractivity contribution in [2.45, 2.75) is 51.1 Å². The Hall–Kier alpha value is -2.32. The van der Waals surface area contributed by atoms with E-state index >= 15 is 0 Å². The molecule has 0 spiro atoms. The Bertz CT molecular complexity index is 1290. The van der Waals surface area contributed by atoms with E-state index in [0.29, 0.717) is 43.5 Å². The number of nitrogens with one attached hydrogen (secondary N) is 1. The van der Waals surface area contributed by atoms with Crippen LogP contribution in [0.15, 0.2) is 47.4 Å². The zero-order valence-electron chi connectivity index (χ0n) is 22.7. The predicted octanol–water partition coefficient (Wildman–Crippen LogP) is 2.95. The topological polar surface area (TPSA) is 93.2 Å². The van der Waals surface area contributed by atoms with Gasteiger partial charge in [-0.1, -0.05) is 50.4 Å². The molecule has 1 aromatic carbocycles. The number of hydrogen-bond acceptors (Lipinski definition) is 7. The minimum absolute atomic E-state index is 0.0117. The second kappa shape index (κ2) is 11.5. The average Bonchev–Trinajstić information content (AvgIpc) is 2.88. The molecular formula is C27H35F3N4O4S2. The number of carbonyl (C=O) groups excluding carboxylic acids is 1. The normalized spacial score (nSPS) is 25.1. The number of allylic oxidation sites excluding steroid dienone is 4. The molecule has 1 aromatic rings. The highest BCUT2D eigenvalue weighted by Crippen LogP contribution is 2.39. The van der Waals surface area contributed by atoms with Crippen LogP contribution in [0.25, 0.3) is 0 Å². The number of aliphatic hydroxyl groups is 1. The third-order valence-electron chi connectivity index (χ3n) is 7.78. The first-order chi connectivity index (χ1) is 18.6. The molecule has 1 aliphatic carbocycles. The SMILES string of the molecule is CC(C)[C@@H]1C(=O)NCCN1C[C@H]1CN(S(=O)(=O)C2=CC=CCC2=S)CCN1c1ccc([C@](C)(O)C(F)(F)F)cc1. The van der Waals surface area contributed by atoms with E-state index in [1.165, 1.54) is 34.6 Å². The van der Waals surface area contributed by atoms with Crippen LogP contribution in [0.1, 0.15) is 32.8 Å². The summed E-state index contributed by atoms with van der Waals surface area (Å²) in [7, 11) is -3.88. The number of carbonyl (C=O) groups is 1. The van der Waals surface area contributed by atoms with E-state index in [0.717, 1.165) is 0 Å². The second-order valence-corrected chi connectivity index (χ2v) is 13.3. The molecule has 0 aromatic heterocycles. The number of sulfonamides is 1. The maximum Gasteiger partial charge on any atom is 0.421 e. The summed E-state index contributed by atoms with van der Waals surface area (Å²) >= 11 is 5.34. The van der Waals surface area contributed by atoms with Gasteiger partial charge in [-0.2, -0.15) is 17.5 Å². The van der Waals surface area contributed by atoms with Gasteiger partial charge in [0.2, 0.25) is 15.9 Å². The van der Waals surface area contributed by atoms with Gasteiger partial charge < -0.3 is 15.3 Å². The van der Waals surface area contributed by atoms with Crippen molar-refractivity contribution in [2.75, 3.05) is 44.2 Å². The number of rotatable bonds is 7. The number of halogens is 3. The lowest BCUT2D eigenvalue weighted by Crippen LogP contribution is -2.63. The van der Waals surface area contributed by atoms with Crippen molar-refractivity contribution in [3.63, 3.8) is 0 Å². The number of anilines is 1. The van der Waals surface area contributed by atoms with Crippen LogP contribution in [0.3, 0.4) is 0 Å². The minimum atomic E-state index is -4.85. The van der Waals surface area contributed by atoms with Crippen LogP contribution in [0.5, 0.6) is 0 Å². The summed E-state index contributed by atoms with van der Waals surface area (Å²) in [5.41, 5.74) is -2.70. The van der Waals surface area contributed by atoms with Gasteiger partial charge in [-0.3, -0.25) is 9.69 Å². The Labute approximate surface area is 238 Å². The van der Waals surface area contributed by atoms with Gasteiger partial charge in [0.1, 0.15) is 0 Å². The predicted molar refractivity (Wildman–Crippen MR) is 151 cm³/mol. The molecular weight excluding hydrogens is 565 g/mol. The molecule has 220 valence electrons. The first-order valence-corrected chi connectivity index (χ1v) is 15.1. The van der Waals surface area contributed by atoms with Gasteiger partial charge in [0, 0.05) is 56.2 Å². The highest BCUT2D eigenvalue weighted by molar-refractivity contribution is 7.96. The lowest BCUT2D eigenvalue weighted by molar-refractivity contribution is -0.258. The minimum Gasteiger partial charge on any atom is -0.376 e. The molecule has 3 atom stereocenters. The van der Waals surface area contributed by atoms with Crippen LogP contribution in [0.2, 0.25) is 0 Å². The van der Waals surface area contributed by atoms with Gasteiger partial charge in [0.15, 0.2) is 5.60 Å². The molecule has 2 N–H and O–H groups in total. The first-order valence-electron chi connectivity index (χ1n) is 13.2. The monoisotopic (exact) mass is 600 g/mol. The number of alkyl halides is 3. The highest BCUT2D eigenvalue weighted by Gasteiger charge is 2.51. The van der Waals surface area contributed by atoms with Crippen LogP contribution in [-0.4, -0.2) is 91.0 Å². The lowest BCUT2D eigenvalue weighted by atomic mass is 9.95. The van der Waals surface area contributed by atoms with Crippen molar-refractivity contribution in [2.24, 2.45) is 5.92 Å². The van der Waals surface area contributed by atoms with Gasteiger partial charge in [0.25, 0.3) is 0 Å². The molecule has 0 unspecified atom stereocenters. The molecule has 2 aliphatic heterocycles. The van der Waals surface area contributed by atoms with Crippen molar-refractivity contribution in [3.8, 4) is 0 Å². The number of benzene rings is 1. The number of amides is 1. The van der Waals surface area contributed by atoms with Crippen molar-refractivity contribution in [3.05, 3.63) is 53.0 Å². The molecule has 0 radical (unpaired) electrons. The third-order valence-corrected chi connectivity index (χ3v) is 10.2. The molecule has 2 heterocycles. The maximum absolute atomic E-state index is 13.6. The van der Waals surface area contributed by atoms with Gasteiger partial charge in [-0.15, -0.1) is 0 Å². The number of nitrogens with zero attached hydrogens (tertiary/aromatic N) is 3. The molecule has 40 heavy (non-hydrogen) atoms. The Kier molecular flexibility index (Phi) is 8.82. The summed E-state index contributed by atoms with van der Waals surface area (Å²) < 4.78 is 68.8. The van der Waals surface area contributed by atoms with Gasteiger partial charge in [0.05, 0.1) is 17.0 Å². The quantitative estimate of drug-likeness (QED) is 0.465. The van der Waals surface area contributed by atoms with E-state index in [9.17, 15) is 31.5 Å². The molecule has 2 saturated heterocycles. The fraction of sp³-hybridized carbons (Fsp3) is 0.556. The Morgan fingerprint density at radius 2 is 1.82 bits per heavy atom. The molecule has 8 nitrogen and oxygen atoms in total. The van der Waals surface area contributed by atoms with E-state index in [2.05, 4.69) is 5.32 Å². The molecule has 2 fully saturated rings. The maximum atomic E-state index is 13.6. The van der Waals surface area contributed by atoms with Crippen molar-refractivity contribution in [1.82, 2.24) is 14.5 Å². The second-order valence-electron chi connectivity index (χ2n) is 10.9. The Morgan fingerprint density at radius 1 is 1.15 bits per heavy atom. The smallest absolute Gasteiger partial charge is 0.376 e. The summed E-state index contributed by atoms with van der Waals surface area (Å²) in [5.74, 6) is -0.0751. The average molecular weight is 601 g/mol. The summed E-state index contributed by atoms with van der Waals surface area (Å²) in [6, 6.07) is 4.71. The van der Waals surface area contributed by atoms with Gasteiger partial charge >= 0.3 is 6.18 Å². The van der Waals surface area contributed by atoms with Crippen LogP contribution in [0, 0.1) is 5.92 Å². The molecule has 4 rings (SSSR count). The van der Waals surface area contributed by atoms with Crippen LogP contribution < -0.4 is 10.2 Å². The van der Waals surface area contributed by atoms with E-state index in [1.807, 2.05) is 23.6 Å². The summed E-state index contributed by atoms with van der Waals surface area (Å²) in [5, 5.41) is 13.0. The highest BCUT2D eigenvalue weighted by atomic mass is 32.2. The third kappa shape index (κ3) is 5.98. The van der Waals surface area contributed by atoms with Gasteiger partial charge in [-0.25, -0.2) is 8.42 Å². The van der Waals surface area contributed by atoms with E-state index in [1.54, 1.807) is 12.2 Å². The zero-order chi connectivity index (χ0) is 29.5. The van der Waals surface area contributed by atoms with Crippen molar-refractivity contribution >= 4 is 38.7 Å². The van der Waals surface area contributed by atoms with E-state index in [-0.39, 0.29) is 41.9 Å². The first kappa shape index (κ1) is 30.6. The molecule has 3 aliphatic rings. The van der Waals surface area contributed by atoms with Crippen LogP contribution in [-0.2, 0) is 20.4 Å². The number of hydrogen-bond donors (Lipinski definition) is 2. The van der Waals surface area contributed by atoms with Crippen LogP contribution in [0.4, 0.5) is 18.9 Å².